The van der Waals surface area contributed by atoms with Crippen LogP contribution in [0.1, 0.15) is 17.9 Å². The molecular formula is C17H24ClN2O3+. The number of halogens is 1. The van der Waals surface area contributed by atoms with E-state index in [2.05, 4.69) is 26.3 Å². The van der Waals surface area contributed by atoms with E-state index >= 15 is 0 Å². The van der Waals surface area contributed by atoms with E-state index in [1.807, 2.05) is 24.3 Å². The molecule has 23 heavy (non-hydrogen) atoms. The third-order valence-electron chi connectivity index (χ3n) is 3.29. The average Bonchev–Trinajstić information content (AvgIpc) is 2.81. The van der Waals surface area contributed by atoms with Crippen molar-refractivity contribution in [3.05, 3.63) is 40.7 Å². The van der Waals surface area contributed by atoms with Gasteiger partial charge in [-0.15, -0.1) is 0 Å². The Balaban J connectivity index is 1.91. The van der Waals surface area contributed by atoms with Crippen LogP contribution in [0.3, 0.4) is 0 Å². The fraction of sp³-hybridized carbons (Fsp3) is 0.471. The Hall–Kier alpha value is -1.72. The smallest absolute Gasteiger partial charge is 0.192 e. The van der Waals surface area contributed by atoms with Gasteiger partial charge in [0.2, 0.25) is 0 Å². The Kier molecular flexibility index (Phi) is 5.91. The number of quaternary nitrogens is 1. The van der Waals surface area contributed by atoms with Crippen LogP contribution in [0, 0.1) is 6.92 Å². The number of hydrogen-bond donors (Lipinski definition) is 0. The highest BCUT2D eigenvalue weighted by molar-refractivity contribution is 6.31. The zero-order valence-electron chi connectivity index (χ0n) is 14.1. The fourth-order valence-electron chi connectivity index (χ4n) is 2.05. The SMILES string of the molecule is Cc1noc(COc2ccccc2OCCC[N+](C)(C)C)c1Cl. The quantitative estimate of drug-likeness (QED) is 0.543. The number of aryl methyl sites for hydroxylation is 1. The lowest BCUT2D eigenvalue weighted by molar-refractivity contribution is -0.870. The monoisotopic (exact) mass is 339 g/mol. The molecule has 6 heteroatoms. The first-order valence-electron chi connectivity index (χ1n) is 7.62. The number of benzene rings is 1. The van der Waals surface area contributed by atoms with Gasteiger partial charge in [0.15, 0.2) is 23.9 Å². The summed E-state index contributed by atoms with van der Waals surface area (Å²) in [6.45, 7) is 3.72. The third kappa shape index (κ3) is 5.44. The zero-order valence-corrected chi connectivity index (χ0v) is 14.9. The van der Waals surface area contributed by atoms with Crippen LogP contribution in [0.2, 0.25) is 5.02 Å². The highest BCUT2D eigenvalue weighted by Gasteiger charge is 2.13. The molecule has 0 aliphatic carbocycles. The van der Waals surface area contributed by atoms with E-state index in [0.717, 1.165) is 23.2 Å². The summed E-state index contributed by atoms with van der Waals surface area (Å²) in [5, 5.41) is 4.32. The van der Waals surface area contributed by atoms with Crippen LogP contribution in [-0.2, 0) is 6.61 Å². The molecule has 0 fully saturated rings. The molecule has 0 aliphatic rings. The Morgan fingerprint density at radius 1 is 1.13 bits per heavy atom. The van der Waals surface area contributed by atoms with Crippen LogP contribution < -0.4 is 9.47 Å². The van der Waals surface area contributed by atoms with Gasteiger partial charge in [-0.05, 0) is 19.1 Å². The van der Waals surface area contributed by atoms with Gasteiger partial charge in [-0.3, -0.25) is 0 Å². The molecular weight excluding hydrogens is 316 g/mol. The standard InChI is InChI=1S/C17H24ClN2O3/c1-13-17(18)16(23-19-13)12-22-15-9-6-5-8-14(15)21-11-7-10-20(2,3)4/h5-6,8-9H,7,10-12H2,1-4H3/q+1. The molecule has 2 rings (SSSR count). The maximum Gasteiger partial charge on any atom is 0.192 e. The lowest BCUT2D eigenvalue weighted by Crippen LogP contribution is -2.35. The normalized spacial score (nSPS) is 11.5. The molecule has 0 bridgehead atoms. The maximum absolute atomic E-state index is 6.09. The molecule has 0 unspecified atom stereocenters. The molecule has 0 spiro atoms. The Morgan fingerprint density at radius 2 is 1.78 bits per heavy atom. The lowest BCUT2D eigenvalue weighted by Gasteiger charge is -2.23. The number of nitrogens with zero attached hydrogens (tertiary/aromatic N) is 2. The second-order valence-corrected chi connectivity index (χ2v) is 6.83. The molecule has 1 aromatic heterocycles. The Bertz CT molecular complexity index is 635. The number of rotatable bonds is 8. The minimum atomic E-state index is 0.221. The van der Waals surface area contributed by atoms with E-state index in [1.165, 1.54) is 0 Å². The molecule has 2 aromatic rings. The van der Waals surface area contributed by atoms with Gasteiger partial charge in [0.25, 0.3) is 0 Å². The molecule has 0 radical (unpaired) electrons. The topological polar surface area (TPSA) is 44.5 Å². The molecule has 0 atom stereocenters. The number of ether oxygens (including phenoxy) is 2. The second-order valence-electron chi connectivity index (χ2n) is 6.46. The van der Waals surface area contributed by atoms with E-state index in [-0.39, 0.29) is 6.61 Å². The van der Waals surface area contributed by atoms with Crippen LogP contribution in [0.5, 0.6) is 11.5 Å². The number of aromatic nitrogens is 1. The van der Waals surface area contributed by atoms with E-state index in [4.69, 9.17) is 25.6 Å². The van der Waals surface area contributed by atoms with Gasteiger partial charge in [0, 0.05) is 6.42 Å². The summed E-state index contributed by atoms with van der Waals surface area (Å²) in [5.41, 5.74) is 0.662. The number of para-hydroxylation sites is 2. The van der Waals surface area contributed by atoms with E-state index in [0.29, 0.717) is 28.8 Å². The Labute approximate surface area is 142 Å². The van der Waals surface area contributed by atoms with Crippen LogP contribution >= 0.6 is 11.6 Å². The predicted octanol–water partition coefficient (Wildman–Crippen LogP) is 3.69. The van der Waals surface area contributed by atoms with Crippen molar-refractivity contribution in [2.24, 2.45) is 0 Å². The highest BCUT2D eigenvalue weighted by atomic mass is 35.5. The van der Waals surface area contributed by atoms with Gasteiger partial charge in [-0.2, -0.15) is 0 Å². The van der Waals surface area contributed by atoms with Crippen molar-refractivity contribution in [3.8, 4) is 11.5 Å². The van der Waals surface area contributed by atoms with Crippen LogP contribution in [0.15, 0.2) is 28.8 Å². The summed E-state index contributed by atoms with van der Waals surface area (Å²) in [5.74, 6) is 1.91. The predicted molar refractivity (Wildman–Crippen MR) is 90.0 cm³/mol. The molecule has 0 saturated heterocycles. The van der Waals surface area contributed by atoms with E-state index in [1.54, 1.807) is 6.92 Å². The highest BCUT2D eigenvalue weighted by Crippen LogP contribution is 2.29. The first-order chi connectivity index (χ1) is 10.9. The molecule has 0 saturated carbocycles. The lowest BCUT2D eigenvalue weighted by atomic mass is 10.3. The summed E-state index contributed by atoms with van der Waals surface area (Å²) in [6.07, 6.45) is 0.977. The Morgan fingerprint density at radius 3 is 2.35 bits per heavy atom. The van der Waals surface area contributed by atoms with Crippen LogP contribution in [0.25, 0.3) is 0 Å². The van der Waals surface area contributed by atoms with Gasteiger partial charge in [-0.1, -0.05) is 28.9 Å². The third-order valence-corrected chi connectivity index (χ3v) is 3.78. The van der Waals surface area contributed by atoms with Crippen molar-refractivity contribution in [2.75, 3.05) is 34.3 Å². The largest absolute Gasteiger partial charge is 0.489 e. The molecule has 126 valence electrons. The van der Waals surface area contributed by atoms with Crippen molar-refractivity contribution in [1.29, 1.82) is 0 Å². The van der Waals surface area contributed by atoms with Gasteiger partial charge in [0.1, 0.15) is 5.02 Å². The first kappa shape index (κ1) is 17.6. The van der Waals surface area contributed by atoms with Crippen molar-refractivity contribution in [2.45, 2.75) is 20.0 Å². The summed E-state index contributed by atoms with van der Waals surface area (Å²) in [7, 11) is 6.50. The van der Waals surface area contributed by atoms with Gasteiger partial charge < -0.3 is 18.5 Å². The van der Waals surface area contributed by atoms with Gasteiger partial charge >= 0.3 is 0 Å². The fourth-order valence-corrected chi connectivity index (χ4v) is 2.17. The molecule has 0 amide bonds. The van der Waals surface area contributed by atoms with Crippen molar-refractivity contribution in [1.82, 2.24) is 5.16 Å². The number of hydrogen-bond acceptors (Lipinski definition) is 4. The molecule has 5 nitrogen and oxygen atoms in total. The van der Waals surface area contributed by atoms with Crippen molar-refractivity contribution >= 4 is 11.6 Å². The minimum Gasteiger partial charge on any atom is -0.489 e. The molecule has 0 N–H and O–H groups in total. The van der Waals surface area contributed by atoms with Crippen molar-refractivity contribution in [3.63, 3.8) is 0 Å². The first-order valence-corrected chi connectivity index (χ1v) is 8.00. The van der Waals surface area contributed by atoms with Gasteiger partial charge in [0.05, 0.1) is 40.0 Å². The molecule has 1 heterocycles. The summed E-state index contributed by atoms with van der Waals surface area (Å²) < 4.78 is 17.7. The van der Waals surface area contributed by atoms with Gasteiger partial charge in [-0.25, -0.2) is 0 Å². The van der Waals surface area contributed by atoms with E-state index < -0.39 is 0 Å². The van der Waals surface area contributed by atoms with E-state index in [9.17, 15) is 0 Å². The second kappa shape index (κ2) is 7.70. The zero-order chi connectivity index (χ0) is 16.9. The van der Waals surface area contributed by atoms with Crippen molar-refractivity contribution < 1.29 is 18.5 Å². The summed E-state index contributed by atoms with van der Waals surface area (Å²) in [6, 6.07) is 7.59. The molecule has 1 aromatic carbocycles. The summed E-state index contributed by atoms with van der Waals surface area (Å²) in [4.78, 5) is 0. The minimum absolute atomic E-state index is 0.221. The van der Waals surface area contributed by atoms with Crippen LogP contribution in [0.4, 0.5) is 0 Å². The maximum atomic E-state index is 6.09. The molecule has 0 aliphatic heterocycles. The summed E-state index contributed by atoms with van der Waals surface area (Å²) >= 11 is 6.09. The van der Waals surface area contributed by atoms with Crippen LogP contribution in [-0.4, -0.2) is 43.9 Å². The average molecular weight is 340 g/mol.